The zero-order valence-corrected chi connectivity index (χ0v) is 15.0. The number of carbonyl (C=O) groups is 1. The Morgan fingerprint density at radius 3 is 2.38 bits per heavy atom. The van der Waals surface area contributed by atoms with Crippen molar-refractivity contribution in [1.29, 1.82) is 0 Å². The molecular weight excluding hydrogens is 354 g/mol. The van der Waals surface area contributed by atoms with Crippen LogP contribution >= 0.6 is 11.6 Å². The van der Waals surface area contributed by atoms with Gasteiger partial charge in [-0.15, -0.1) is 0 Å². The Balaban J connectivity index is 1.76. The Labute approximate surface area is 146 Å². The van der Waals surface area contributed by atoms with Crippen LogP contribution in [0, 0.1) is 0 Å². The Morgan fingerprint density at radius 2 is 1.75 bits per heavy atom. The second kappa shape index (κ2) is 6.87. The molecular formula is C15H20ClN3O4S. The average Bonchev–Trinajstić information content (AvgIpc) is 2.97. The van der Waals surface area contributed by atoms with Crippen molar-refractivity contribution in [2.75, 3.05) is 39.4 Å². The quantitative estimate of drug-likeness (QED) is 0.786. The first-order chi connectivity index (χ1) is 11.4. The lowest BCUT2D eigenvalue weighted by Gasteiger charge is -2.33. The molecule has 2 fully saturated rings. The number of rotatable bonds is 2. The van der Waals surface area contributed by atoms with E-state index in [4.69, 9.17) is 16.3 Å². The minimum absolute atomic E-state index is 0.139. The highest BCUT2D eigenvalue weighted by molar-refractivity contribution is 7.89. The SMILES string of the molecule is C[C@H]1N(C(=O)N2CCOCC2)CCN1S(=O)(=O)c1ccc(Cl)cc1. The maximum Gasteiger partial charge on any atom is 0.321 e. The molecule has 0 spiro atoms. The van der Waals surface area contributed by atoms with Crippen LogP contribution in [0.15, 0.2) is 29.2 Å². The highest BCUT2D eigenvalue weighted by Gasteiger charge is 2.41. The normalized spacial score (nSPS) is 22.8. The molecule has 1 aromatic rings. The maximum atomic E-state index is 12.8. The first-order valence-corrected chi connectivity index (χ1v) is 9.64. The van der Waals surface area contributed by atoms with Gasteiger partial charge in [-0.05, 0) is 31.2 Å². The molecule has 0 radical (unpaired) electrons. The molecule has 0 unspecified atom stereocenters. The van der Waals surface area contributed by atoms with E-state index in [0.717, 1.165) is 0 Å². The topological polar surface area (TPSA) is 70.2 Å². The van der Waals surface area contributed by atoms with Crippen LogP contribution in [0.25, 0.3) is 0 Å². The number of morpholine rings is 1. The van der Waals surface area contributed by atoms with E-state index >= 15 is 0 Å². The molecule has 0 N–H and O–H groups in total. The lowest BCUT2D eigenvalue weighted by Crippen LogP contribution is -2.51. The van der Waals surface area contributed by atoms with Gasteiger partial charge in [-0.2, -0.15) is 4.31 Å². The van der Waals surface area contributed by atoms with E-state index in [1.165, 1.54) is 16.4 Å². The fraction of sp³-hybridized carbons (Fsp3) is 0.533. The van der Waals surface area contributed by atoms with Crippen molar-refractivity contribution < 1.29 is 17.9 Å². The van der Waals surface area contributed by atoms with Crippen molar-refractivity contribution in [2.24, 2.45) is 0 Å². The van der Waals surface area contributed by atoms with E-state index in [1.54, 1.807) is 28.9 Å². The predicted molar refractivity (Wildman–Crippen MR) is 89.3 cm³/mol. The standard InChI is InChI=1S/C15H20ClN3O4S/c1-12-18(15(20)17-8-10-23-11-9-17)6-7-19(12)24(21,22)14-4-2-13(16)3-5-14/h2-5,12H,6-11H2,1H3/t12-/m0/s1. The molecule has 2 amide bonds. The van der Waals surface area contributed by atoms with Gasteiger partial charge in [0.15, 0.2) is 0 Å². The molecule has 24 heavy (non-hydrogen) atoms. The van der Waals surface area contributed by atoms with Gasteiger partial charge in [0.1, 0.15) is 0 Å². The summed E-state index contributed by atoms with van der Waals surface area (Å²) in [4.78, 5) is 16.1. The zero-order valence-electron chi connectivity index (χ0n) is 13.4. The summed E-state index contributed by atoms with van der Waals surface area (Å²) < 4.78 is 32.2. The Morgan fingerprint density at radius 1 is 1.12 bits per heavy atom. The van der Waals surface area contributed by atoms with Crippen LogP contribution in [0.4, 0.5) is 4.79 Å². The number of amides is 2. The highest BCUT2D eigenvalue weighted by Crippen LogP contribution is 2.26. The predicted octanol–water partition coefficient (Wildman–Crippen LogP) is 1.44. The van der Waals surface area contributed by atoms with E-state index < -0.39 is 16.2 Å². The summed E-state index contributed by atoms with van der Waals surface area (Å²) >= 11 is 5.82. The van der Waals surface area contributed by atoms with Crippen molar-refractivity contribution >= 4 is 27.7 Å². The van der Waals surface area contributed by atoms with E-state index in [9.17, 15) is 13.2 Å². The first kappa shape index (κ1) is 17.5. The largest absolute Gasteiger partial charge is 0.378 e. The first-order valence-electron chi connectivity index (χ1n) is 7.82. The molecule has 2 aliphatic rings. The number of hydrogen-bond donors (Lipinski definition) is 0. The molecule has 0 aromatic heterocycles. The molecule has 2 aliphatic heterocycles. The minimum atomic E-state index is -3.66. The van der Waals surface area contributed by atoms with Gasteiger partial charge in [0, 0.05) is 31.2 Å². The van der Waals surface area contributed by atoms with Crippen LogP contribution in [0.2, 0.25) is 5.02 Å². The van der Waals surface area contributed by atoms with Gasteiger partial charge in [0.2, 0.25) is 10.0 Å². The number of nitrogens with zero attached hydrogens (tertiary/aromatic N) is 3. The molecule has 0 bridgehead atoms. The third-order valence-electron chi connectivity index (χ3n) is 4.38. The lowest BCUT2D eigenvalue weighted by atomic mass is 10.4. The fourth-order valence-corrected chi connectivity index (χ4v) is 4.70. The molecule has 0 aliphatic carbocycles. The van der Waals surface area contributed by atoms with Crippen molar-refractivity contribution in [1.82, 2.24) is 14.1 Å². The second-order valence-corrected chi connectivity index (χ2v) is 8.10. The van der Waals surface area contributed by atoms with E-state index in [1.807, 2.05) is 0 Å². The third kappa shape index (κ3) is 3.23. The van der Waals surface area contributed by atoms with Crippen LogP contribution in [0.3, 0.4) is 0 Å². The number of urea groups is 1. The van der Waals surface area contributed by atoms with E-state index in [2.05, 4.69) is 0 Å². The van der Waals surface area contributed by atoms with Gasteiger partial charge >= 0.3 is 6.03 Å². The summed E-state index contributed by atoms with van der Waals surface area (Å²) in [6.45, 7) is 4.49. The van der Waals surface area contributed by atoms with Gasteiger partial charge in [-0.3, -0.25) is 0 Å². The van der Waals surface area contributed by atoms with Crippen molar-refractivity contribution in [3.8, 4) is 0 Å². The summed E-state index contributed by atoms with van der Waals surface area (Å²) in [5, 5.41) is 0.479. The van der Waals surface area contributed by atoms with Crippen LogP contribution in [-0.2, 0) is 14.8 Å². The summed E-state index contributed by atoms with van der Waals surface area (Å²) in [7, 11) is -3.66. The number of carbonyl (C=O) groups excluding carboxylic acids is 1. The maximum absolute atomic E-state index is 12.8. The number of ether oxygens (including phenoxy) is 1. The molecule has 9 heteroatoms. The van der Waals surface area contributed by atoms with Crippen molar-refractivity contribution in [3.05, 3.63) is 29.3 Å². The number of benzene rings is 1. The second-order valence-electron chi connectivity index (χ2n) is 5.78. The molecule has 132 valence electrons. The van der Waals surface area contributed by atoms with Gasteiger partial charge < -0.3 is 14.5 Å². The Hall–Kier alpha value is -1.35. The molecule has 7 nitrogen and oxygen atoms in total. The van der Waals surface area contributed by atoms with E-state index in [-0.39, 0.29) is 17.5 Å². The lowest BCUT2D eigenvalue weighted by molar-refractivity contribution is 0.0410. The van der Waals surface area contributed by atoms with E-state index in [0.29, 0.717) is 37.9 Å². The number of halogens is 1. The van der Waals surface area contributed by atoms with Crippen molar-refractivity contribution in [2.45, 2.75) is 18.0 Å². The monoisotopic (exact) mass is 373 g/mol. The molecule has 1 atom stereocenters. The van der Waals surface area contributed by atoms with Gasteiger partial charge in [0.05, 0.1) is 24.3 Å². The Kier molecular flexibility index (Phi) is 5.00. The van der Waals surface area contributed by atoms with Gasteiger partial charge in [-0.25, -0.2) is 13.2 Å². The molecule has 0 saturated carbocycles. The fourth-order valence-electron chi connectivity index (χ4n) is 2.99. The molecule has 2 heterocycles. The minimum Gasteiger partial charge on any atom is -0.378 e. The average molecular weight is 374 g/mol. The smallest absolute Gasteiger partial charge is 0.321 e. The summed E-state index contributed by atoms with van der Waals surface area (Å²) in [5.74, 6) is 0. The summed E-state index contributed by atoms with van der Waals surface area (Å²) in [6, 6.07) is 5.92. The molecule has 2 saturated heterocycles. The Bertz CT molecular complexity index is 704. The van der Waals surface area contributed by atoms with Crippen LogP contribution in [0.1, 0.15) is 6.92 Å². The summed E-state index contributed by atoms with van der Waals surface area (Å²) in [5.41, 5.74) is 0. The number of sulfonamides is 1. The molecule has 1 aromatic carbocycles. The van der Waals surface area contributed by atoms with Gasteiger partial charge in [-0.1, -0.05) is 11.6 Å². The van der Waals surface area contributed by atoms with Gasteiger partial charge in [0.25, 0.3) is 0 Å². The van der Waals surface area contributed by atoms with Crippen LogP contribution in [0.5, 0.6) is 0 Å². The highest BCUT2D eigenvalue weighted by atomic mass is 35.5. The number of hydrogen-bond acceptors (Lipinski definition) is 4. The summed E-state index contributed by atoms with van der Waals surface area (Å²) in [6.07, 6.45) is -0.527. The third-order valence-corrected chi connectivity index (χ3v) is 6.60. The van der Waals surface area contributed by atoms with Crippen LogP contribution in [-0.4, -0.2) is 74.1 Å². The molecule has 3 rings (SSSR count). The van der Waals surface area contributed by atoms with Crippen LogP contribution < -0.4 is 0 Å². The zero-order chi connectivity index (χ0) is 17.3. The van der Waals surface area contributed by atoms with Crippen molar-refractivity contribution in [3.63, 3.8) is 0 Å².